The van der Waals surface area contributed by atoms with E-state index >= 15 is 0 Å². The van der Waals surface area contributed by atoms with Crippen molar-refractivity contribution in [2.75, 3.05) is 6.54 Å². The molecule has 1 aliphatic rings. The molecule has 0 saturated carbocycles. The Kier molecular flexibility index (Phi) is 6.41. The Morgan fingerprint density at radius 1 is 1.08 bits per heavy atom. The Morgan fingerprint density at radius 3 is 2.62 bits per heavy atom. The maximum absolute atomic E-state index is 5.42. The smallest absolute Gasteiger partial charge is 0.244 e. The standard InChI is InChI=1S/C20H29N3O/c1-2-3-4-5-6-7-9-16-11-13-17(14-12-16)19-22-20(24-23-19)18-10-8-15-21-18/h11-14,18,21H,2-10,15H2,1H3/t18-/m1/s1. The maximum atomic E-state index is 5.42. The third kappa shape index (κ3) is 4.67. The molecule has 1 saturated heterocycles. The van der Waals surface area contributed by atoms with Gasteiger partial charge in [-0.3, -0.25) is 0 Å². The van der Waals surface area contributed by atoms with Gasteiger partial charge >= 0.3 is 0 Å². The van der Waals surface area contributed by atoms with Crippen LogP contribution in [-0.4, -0.2) is 16.7 Å². The molecular formula is C20H29N3O. The summed E-state index contributed by atoms with van der Waals surface area (Å²) in [6.45, 7) is 3.30. The normalized spacial score (nSPS) is 17.5. The third-order valence-electron chi connectivity index (χ3n) is 4.83. The first kappa shape index (κ1) is 17.2. The minimum atomic E-state index is 0.234. The molecule has 4 nitrogen and oxygen atoms in total. The molecule has 24 heavy (non-hydrogen) atoms. The Hall–Kier alpha value is -1.68. The van der Waals surface area contributed by atoms with Crippen molar-refractivity contribution >= 4 is 0 Å². The highest BCUT2D eigenvalue weighted by molar-refractivity contribution is 5.54. The molecular weight excluding hydrogens is 298 g/mol. The third-order valence-corrected chi connectivity index (χ3v) is 4.83. The van der Waals surface area contributed by atoms with Crippen LogP contribution in [0.25, 0.3) is 11.4 Å². The van der Waals surface area contributed by atoms with Crippen LogP contribution in [0.3, 0.4) is 0 Å². The number of nitrogens with one attached hydrogen (secondary N) is 1. The van der Waals surface area contributed by atoms with E-state index in [0.29, 0.717) is 5.82 Å². The molecule has 1 atom stereocenters. The van der Waals surface area contributed by atoms with Gasteiger partial charge < -0.3 is 9.84 Å². The van der Waals surface area contributed by atoms with Gasteiger partial charge in [0.15, 0.2) is 0 Å². The molecule has 0 spiro atoms. The van der Waals surface area contributed by atoms with Gasteiger partial charge in [-0.05, 0) is 37.8 Å². The molecule has 130 valence electrons. The Labute approximate surface area is 145 Å². The van der Waals surface area contributed by atoms with Gasteiger partial charge in [0.25, 0.3) is 0 Å². The fourth-order valence-electron chi connectivity index (χ4n) is 3.32. The van der Waals surface area contributed by atoms with Crippen molar-refractivity contribution in [3.05, 3.63) is 35.7 Å². The van der Waals surface area contributed by atoms with E-state index in [9.17, 15) is 0 Å². The quantitative estimate of drug-likeness (QED) is 0.654. The summed E-state index contributed by atoms with van der Waals surface area (Å²) in [5, 5.41) is 7.53. The Balaban J connectivity index is 1.49. The summed E-state index contributed by atoms with van der Waals surface area (Å²) in [5.41, 5.74) is 2.44. The van der Waals surface area contributed by atoms with E-state index in [4.69, 9.17) is 4.52 Å². The number of nitrogens with zero attached hydrogens (tertiary/aromatic N) is 2. The number of hydrogen-bond donors (Lipinski definition) is 1. The molecule has 2 heterocycles. The number of aromatic nitrogens is 2. The molecule has 1 N–H and O–H groups in total. The predicted molar refractivity (Wildman–Crippen MR) is 96.8 cm³/mol. The topological polar surface area (TPSA) is 51.0 Å². The molecule has 1 fully saturated rings. The number of benzene rings is 1. The zero-order chi connectivity index (χ0) is 16.6. The van der Waals surface area contributed by atoms with Crippen molar-refractivity contribution < 1.29 is 4.52 Å². The number of hydrogen-bond acceptors (Lipinski definition) is 4. The molecule has 1 aromatic heterocycles. The second-order valence-electron chi connectivity index (χ2n) is 6.82. The molecule has 3 rings (SSSR count). The Bertz CT molecular complexity index is 600. The summed E-state index contributed by atoms with van der Waals surface area (Å²) in [6.07, 6.45) is 11.5. The minimum Gasteiger partial charge on any atom is -0.337 e. The van der Waals surface area contributed by atoms with E-state index in [0.717, 1.165) is 30.8 Å². The van der Waals surface area contributed by atoms with Crippen LogP contribution < -0.4 is 5.32 Å². The lowest BCUT2D eigenvalue weighted by atomic mass is 10.0. The van der Waals surface area contributed by atoms with Gasteiger partial charge in [-0.1, -0.05) is 68.4 Å². The lowest BCUT2D eigenvalue weighted by molar-refractivity contribution is 0.345. The summed E-state index contributed by atoms with van der Waals surface area (Å²) in [4.78, 5) is 4.56. The van der Waals surface area contributed by atoms with Gasteiger partial charge in [0, 0.05) is 5.56 Å². The number of aryl methyl sites for hydroxylation is 1. The summed E-state index contributed by atoms with van der Waals surface area (Å²) in [7, 11) is 0. The first-order valence-electron chi connectivity index (χ1n) is 9.53. The van der Waals surface area contributed by atoms with Crippen LogP contribution in [-0.2, 0) is 6.42 Å². The maximum Gasteiger partial charge on any atom is 0.244 e. The van der Waals surface area contributed by atoms with Crippen LogP contribution in [0.5, 0.6) is 0 Å². The summed E-state index contributed by atoms with van der Waals surface area (Å²) in [6, 6.07) is 8.86. The van der Waals surface area contributed by atoms with Gasteiger partial charge in [0.2, 0.25) is 11.7 Å². The van der Waals surface area contributed by atoms with Gasteiger partial charge in [-0.2, -0.15) is 4.98 Å². The zero-order valence-electron chi connectivity index (χ0n) is 14.8. The molecule has 0 aliphatic carbocycles. The molecule has 4 heteroatoms. The predicted octanol–water partition coefficient (Wildman–Crippen LogP) is 5.06. The van der Waals surface area contributed by atoms with Gasteiger partial charge in [-0.25, -0.2) is 0 Å². The fraction of sp³-hybridized carbons (Fsp3) is 0.600. The van der Waals surface area contributed by atoms with Crippen LogP contribution >= 0.6 is 0 Å². The molecule has 0 unspecified atom stereocenters. The van der Waals surface area contributed by atoms with Gasteiger partial charge in [0.05, 0.1) is 6.04 Å². The van der Waals surface area contributed by atoms with E-state index in [1.54, 1.807) is 0 Å². The number of unbranched alkanes of at least 4 members (excludes halogenated alkanes) is 5. The molecule has 0 bridgehead atoms. The highest BCUT2D eigenvalue weighted by Gasteiger charge is 2.22. The first-order chi connectivity index (χ1) is 11.9. The fourth-order valence-corrected chi connectivity index (χ4v) is 3.32. The van der Waals surface area contributed by atoms with Crippen LogP contribution in [0.15, 0.2) is 28.8 Å². The average molecular weight is 327 g/mol. The van der Waals surface area contributed by atoms with Crippen molar-refractivity contribution in [3.8, 4) is 11.4 Å². The SMILES string of the molecule is CCCCCCCCc1ccc(-c2noc([C@H]3CCCN3)n2)cc1. The van der Waals surface area contributed by atoms with E-state index in [1.165, 1.54) is 50.5 Å². The van der Waals surface area contributed by atoms with Crippen LogP contribution in [0.1, 0.15) is 75.8 Å². The van der Waals surface area contributed by atoms with E-state index in [2.05, 4.69) is 46.6 Å². The summed E-state index contributed by atoms with van der Waals surface area (Å²) in [5.74, 6) is 1.42. The van der Waals surface area contributed by atoms with Crippen LogP contribution in [0.4, 0.5) is 0 Å². The van der Waals surface area contributed by atoms with Gasteiger partial charge in [-0.15, -0.1) is 0 Å². The Morgan fingerprint density at radius 2 is 1.88 bits per heavy atom. The molecule has 1 aromatic carbocycles. The van der Waals surface area contributed by atoms with Crippen LogP contribution in [0.2, 0.25) is 0 Å². The van der Waals surface area contributed by atoms with E-state index in [-0.39, 0.29) is 6.04 Å². The first-order valence-corrected chi connectivity index (χ1v) is 9.53. The lowest BCUT2D eigenvalue weighted by Gasteiger charge is -2.03. The average Bonchev–Trinajstić information content (AvgIpc) is 3.29. The summed E-state index contributed by atoms with van der Waals surface area (Å²) < 4.78 is 5.42. The van der Waals surface area contributed by atoms with Gasteiger partial charge in [0.1, 0.15) is 0 Å². The zero-order valence-corrected chi connectivity index (χ0v) is 14.8. The molecule has 0 radical (unpaired) electrons. The molecule has 1 aliphatic heterocycles. The second-order valence-corrected chi connectivity index (χ2v) is 6.82. The van der Waals surface area contributed by atoms with Crippen molar-refractivity contribution in [2.24, 2.45) is 0 Å². The highest BCUT2D eigenvalue weighted by atomic mass is 16.5. The molecule has 0 amide bonds. The van der Waals surface area contributed by atoms with Crippen molar-refractivity contribution in [2.45, 2.75) is 70.8 Å². The van der Waals surface area contributed by atoms with Crippen LogP contribution in [0, 0.1) is 0 Å². The summed E-state index contributed by atoms with van der Waals surface area (Å²) >= 11 is 0. The van der Waals surface area contributed by atoms with Crippen molar-refractivity contribution in [1.29, 1.82) is 0 Å². The second kappa shape index (κ2) is 8.97. The van der Waals surface area contributed by atoms with Crippen molar-refractivity contribution in [3.63, 3.8) is 0 Å². The minimum absolute atomic E-state index is 0.234. The largest absolute Gasteiger partial charge is 0.337 e. The number of rotatable bonds is 9. The highest BCUT2D eigenvalue weighted by Crippen LogP contribution is 2.24. The monoisotopic (exact) mass is 327 g/mol. The van der Waals surface area contributed by atoms with E-state index < -0.39 is 0 Å². The lowest BCUT2D eigenvalue weighted by Crippen LogP contribution is -2.12. The van der Waals surface area contributed by atoms with E-state index in [1.807, 2.05) is 0 Å². The van der Waals surface area contributed by atoms with Crippen molar-refractivity contribution in [1.82, 2.24) is 15.5 Å². The molecule has 2 aromatic rings.